The van der Waals surface area contributed by atoms with E-state index in [1.54, 1.807) is 18.2 Å². The molecule has 0 aliphatic heterocycles. The maximum atomic E-state index is 10.6. The molecule has 1 heterocycles. The molecule has 0 fully saturated rings. The summed E-state index contributed by atoms with van der Waals surface area (Å²) in [5.74, 6) is 0. The lowest BCUT2D eigenvalue weighted by Crippen LogP contribution is -1.90. The number of aromatic nitrogens is 1. The topological polar surface area (TPSA) is 73.1 Å². The average Bonchev–Trinajstić information content (AvgIpc) is 2.41. The molecule has 5 nitrogen and oxygen atoms in total. The second-order valence-corrected chi connectivity index (χ2v) is 4.92. The Labute approximate surface area is 113 Å². The van der Waals surface area contributed by atoms with Gasteiger partial charge in [-0.3, -0.25) is 14.9 Å². The minimum absolute atomic E-state index is 0.0605. The highest BCUT2D eigenvalue weighted by atomic mass is 32.2. The van der Waals surface area contributed by atoms with Gasteiger partial charge < -0.3 is 0 Å². The van der Waals surface area contributed by atoms with E-state index >= 15 is 0 Å². The number of hydrogen-bond donors (Lipinski definition) is 0. The third-order valence-corrected chi connectivity index (χ3v) is 3.58. The number of aryl methyl sites for hydroxylation is 1. The first-order valence-corrected chi connectivity index (χ1v) is 6.26. The smallest absolute Gasteiger partial charge is 0.269 e. The fourth-order valence-corrected chi connectivity index (χ4v) is 2.32. The maximum absolute atomic E-state index is 10.6. The minimum Gasteiger partial charge on any atom is -0.298 e. The van der Waals surface area contributed by atoms with Crippen LogP contribution in [0, 0.1) is 17.0 Å². The zero-order valence-corrected chi connectivity index (χ0v) is 10.9. The Morgan fingerprint density at radius 3 is 2.53 bits per heavy atom. The Bertz CT molecular complexity index is 626. The Balaban J connectivity index is 2.21. The zero-order chi connectivity index (χ0) is 13.8. The van der Waals surface area contributed by atoms with E-state index in [1.165, 1.54) is 30.1 Å². The highest BCUT2D eigenvalue weighted by molar-refractivity contribution is 7.99. The molecule has 0 aliphatic rings. The van der Waals surface area contributed by atoms with E-state index in [0.29, 0.717) is 5.56 Å². The summed E-state index contributed by atoms with van der Waals surface area (Å²) in [6.07, 6.45) is 2.26. The van der Waals surface area contributed by atoms with E-state index in [2.05, 4.69) is 4.98 Å². The molecule has 6 heteroatoms. The van der Waals surface area contributed by atoms with Crippen molar-refractivity contribution in [1.82, 2.24) is 4.98 Å². The molecule has 0 unspecified atom stereocenters. The molecule has 0 amide bonds. The van der Waals surface area contributed by atoms with Crippen LogP contribution in [0.25, 0.3) is 0 Å². The molecule has 2 rings (SSSR count). The van der Waals surface area contributed by atoms with Gasteiger partial charge in [-0.15, -0.1) is 0 Å². The summed E-state index contributed by atoms with van der Waals surface area (Å²) in [5.41, 5.74) is 1.49. The van der Waals surface area contributed by atoms with E-state index < -0.39 is 4.92 Å². The van der Waals surface area contributed by atoms with Gasteiger partial charge in [0.2, 0.25) is 0 Å². The number of aldehydes is 1. The van der Waals surface area contributed by atoms with Gasteiger partial charge in [0.15, 0.2) is 6.29 Å². The van der Waals surface area contributed by atoms with Crippen LogP contribution in [0.2, 0.25) is 0 Å². The summed E-state index contributed by atoms with van der Waals surface area (Å²) < 4.78 is 0. The number of nitrogens with zero attached hydrogens (tertiary/aromatic N) is 2. The summed E-state index contributed by atoms with van der Waals surface area (Å²) in [5, 5.41) is 11.3. The van der Waals surface area contributed by atoms with E-state index in [1.807, 2.05) is 6.92 Å². The van der Waals surface area contributed by atoms with Crippen LogP contribution >= 0.6 is 11.8 Å². The fraction of sp³-hybridized carbons (Fsp3) is 0.0769. The predicted molar refractivity (Wildman–Crippen MR) is 71.6 cm³/mol. The van der Waals surface area contributed by atoms with Crippen LogP contribution in [0.1, 0.15) is 15.9 Å². The second-order valence-electron chi connectivity index (χ2n) is 3.86. The molecule has 0 spiro atoms. The van der Waals surface area contributed by atoms with Gasteiger partial charge in [0, 0.05) is 28.8 Å². The van der Waals surface area contributed by atoms with Crippen molar-refractivity contribution in [3.8, 4) is 0 Å². The molecule has 0 bridgehead atoms. The van der Waals surface area contributed by atoms with Crippen LogP contribution in [0.15, 0.2) is 46.5 Å². The molecule has 0 radical (unpaired) electrons. The molecule has 0 N–H and O–H groups in total. The quantitative estimate of drug-likeness (QED) is 0.486. The number of carbonyl (C=O) groups is 1. The van der Waals surface area contributed by atoms with Crippen LogP contribution in [-0.4, -0.2) is 16.2 Å². The summed E-state index contributed by atoms with van der Waals surface area (Å²) in [6, 6.07) is 8.03. The van der Waals surface area contributed by atoms with E-state index in [0.717, 1.165) is 21.8 Å². The lowest BCUT2D eigenvalue weighted by molar-refractivity contribution is -0.384. The fourth-order valence-electron chi connectivity index (χ4n) is 1.50. The Hall–Kier alpha value is -2.21. The summed E-state index contributed by atoms with van der Waals surface area (Å²) in [6.45, 7) is 1.87. The van der Waals surface area contributed by atoms with Crippen LogP contribution < -0.4 is 0 Å². The molecule has 0 saturated heterocycles. The lowest BCUT2D eigenvalue weighted by Gasteiger charge is -2.04. The first-order valence-electron chi connectivity index (χ1n) is 5.44. The molecule has 1 aromatic carbocycles. The van der Waals surface area contributed by atoms with E-state index in [4.69, 9.17) is 0 Å². The van der Waals surface area contributed by atoms with Crippen molar-refractivity contribution in [3.05, 3.63) is 57.8 Å². The summed E-state index contributed by atoms with van der Waals surface area (Å²) >= 11 is 1.40. The van der Waals surface area contributed by atoms with Gasteiger partial charge in [0.05, 0.1) is 4.92 Å². The zero-order valence-electron chi connectivity index (χ0n) is 10.1. The maximum Gasteiger partial charge on any atom is 0.269 e. The molecule has 0 atom stereocenters. The second kappa shape index (κ2) is 5.62. The van der Waals surface area contributed by atoms with Crippen LogP contribution in [-0.2, 0) is 0 Å². The van der Waals surface area contributed by atoms with Gasteiger partial charge >= 0.3 is 0 Å². The van der Waals surface area contributed by atoms with Crippen molar-refractivity contribution < 1.29 is 9.72 Å². The van der Waals surface area contributed by atoms with Gasteiger partial charge in [-0.1, -0.05) is 11.8 Å². The molecule has 1 aromatic heterocycles. The number of hydrogen-bond acceptors (Lipinski definition) is 5. The van der Waals surface area contributed by atoms with Crippen LogP contribution in [0.3, 0.4) is 0 Å². The van der Waals surface area contributed by atoms with Crippen LogP contribution in [0.4, 0.5) is 5.69 Å². The molecular formula is C13H10N2O3S. The monoisotopic (exact) mass is 274 g/mol. The average molecular weight is 274 g/mol. The highest BCUT2D eigenvalue weighted by Gasteiger charge is 2.07. The number of non-ortho nitro benzene ring substituents is 1. The Morgan fingerprint density at radius 2 is 2.00 bits per heavy atom. The summed E-state index contributed by atoms with van der Waals surface area (Å²) in [7, 11) is 0. The predicted octanol–water partition coefficient (Wildman–Crippen LogP) is 3.26. The van der Waals surface area contributed by atoms with Crippen molar-refractivity contribution in [2.75, 3.05) is 0 Å². The molecular weight excluding hydrogens is 264 g/mol. The third kappa shape index (κ3) is 3.17. The number of carbonyl (C=O) groups excluding carboxylic acids is 1. The Kier molecular flexibility index (Phi) is 3.91. The molecule has 0 aliphatic carbocycles. The largest absolute Gasteiger partial charge is 0.298 e. The molecule has 19 heavy (non-hydrogen) atoms. The number of benzene rings is 1. The van der Waals surface area contributed by atoms with Crippen LogP contribution in [0.5, 0.6) is 0 Å². The van der Waals surface area contributed by atoms with Crippen molar-refractivity contribution >= 4 is 23.7 Å². The normalized spacial score (nSPS) is 10.2. The SMILES string of the molecule is Cc1cc(C=O)cnc1Sc1ccc([N+](=O)[O-])cc1. The standard InChI is InChI=1S/C13H10N2O3S/c1-9-6-10(8-16)7-14-13(9)19-12-4-2-11(3-5-12)15(17)18/h2-8H,1H3. The van der Waals surface area contributed by atoms with Gasteiger partial charge in [0.25, 0.3) is 5.69 Å². The molecule has 96 valence electrons. The van der Waals surface area contributed by atoms with E-state index in [9.17, 15) is 14.9 Å². The number of pyridine rings is 1. The highest BCUT2D eigenvalue weighted by Crippen LogP contribution is 2.29. The lowest BCUT2D eigenvalue weighted by atomic mass is 10.2. The van der Waals surface area contributed by atoms with Gasteiger partial charge in [-0.25, -0.2) is 4.98 Å². The van der Waals surface area contributed by atoms with Crippen molar-refractivity contribution in [1.29, 1.82) is 0 Å². The van der Waals surface area contributed by atoms with Gasteiger partial charge in [-0.2, -0.15) is 0 Å². The number of rotatable bonds is 4. The number of nitro groups is 1. The van der Waals surface area contributed by atoms with Crippen molar-refractivity contribution in [2.24, 2.45) is 0 Å². The van der Waals surface area contributed by atoms with Crippen molar-refractivity contribution in [3.63, 3.8) is 0 Å². The molecule has 0 saturated carbocycles. The van der Waals surface area contributed by atoms with E-state index in [-0.39, 0.29) is 5.69 Å². The first-order chi connectivity index (χ1) is 9.10. The van der Waals surface area contributed by atoms with Gasteiger partial charge in [0.1, 0.15) is 5.03 Å². The molecule has 2 aromatic rings. The number of nitro benzene ring substituents is 1. The Morgan fingerprint density at radius 1 is 1.32 bits per heavy atom. The van der Waals surface area contributed by atoms with Gasteiger partial charge in [-0.05, 0) is 30.7 Å². The minimum atomic E-state index is -0.434. The third-order valence-electron chi connectivity index (χ3n) is 2.45. The van der Waals surface area contributed by atoms with Crippen molar-refractivity contribution in [2.45, 2.75) is 16.8 Å². The first kappa shape index (κ1) is 13.2. The summed E-state index contributed by atoms with van der Waals surface area (Å²) in [4.78, 5) is 25.8.